The molecule has 1 aromatic heterocycles. The highest BCUT2D eigenvalue weighted by atomic mass is 79.9. The Morgan fingerprint density at radius 2 is 1.90 bits per heavy atom. The number of aromatic nitrogens is 2. The third-order valence-corrected chi connectivity index (χ3v) is 3.58. The van der Waals surface area contributed by atoms with Gasteiger partial charge in [-0.3, -0.25) is 0 Å². The predicted molar refractivity (Wildman–Crippen MR) is 87.4 cm³/mol. The van der Waals surface area contributed by atoms with Crippen molar-refractivity contribution in [2.75, 3.05) is 25.1 Å². The van der Waals surface area contributed by atoms with Crippen LogP contribution in [0.5, 0.6) is 0 Å². The molecule has 0 aliphatic rings. The number of nitrogens with zero attached hydrogens (tertiary/aromatic N) is 2. The average Bonchev–Trinajstić information content (AvgIpc) is 2.37. The van der Waals surface area contributed by atoms with Crippen molar-refractivity contribution < 1.29 is 4.74 Å². The first-order chi connectivity index (χ1) is 9.40. The SMILES string of the molecule is CCCNc1nc(CCOCC)nc(C(C)(C)C)c1Br. The molecule has 0 fully saturated rings. The zero-order valence-corrected chi connectivity index (χ0v) is 14.8. The Morgan fingerprint density at radius 3 is 2.45 bits per heavy atom. The molecule has 5 heteroatoms. The summed E-state index contributed by atoms with van der Waals surface area (Å²) in [6.07, 6.45) is 1.81. The van der Waals surface area contributed by atoms with E-state index in [2.05, 4.69) is 53.9 Å². The minimum Gasteiger partial charge on any atom is -0.381 e. The first-order valence-electron chi connectivity index (χ1n) is 7.28. The lowest BCUT2D eigenvalue weighted by molar-refractivity contribution is 0.149. The van der Waals surface area contributed by atoms with Crippen LogP contribution in [0.4, 0.5) is 5.82 Å². The van der Waals surface area contributed by atoms with Crippen LogP contribution in [0, 0.1) is 0 Å². The fourth-order valence-electron chi connectivity index (χ4n) is 1.77. The number of nitrogens with one attached hydrogen (secondary N) is 1. The Morgan fingerprint density at radius 1 is 1.20 bits per heavy atom. The van der Waals surface area contributed by atoms with E-state index in [0.29, 0.717) is 6.61 Å². The standard InChI is InChI=1S/C15H26BrN3O/c1-6-9-17-14-12(16)13(15(3,4)5)18-11(19-14)8-10-20-7-2/h6-10H2,1-5H3,(H,17,18,19). The lowest BCUT2D eigenvalue weighted by Gasteiger charge is -2.22. The van der Waals surface area contributed by atoms with Crippen LogP contribution >= 0.6 is 15.9 Å². The van der Waals surface area contributed by atoms with E-state index in [0.717, 1.165) is 47.8 Å². The predicted octanol–water partition coefficient (Wildman–Crippen LogP) is 3.94. The fraction of sp³-hybridized carbons (Fsp3) is 0.733. The van der Waals surface area contributed by atoms with Crippen LogP contribution in [0.25, 0.3) is 0 Å². The first-order valence-corrected chi connectivity index (χ1v) is 8.08. The van der Waals surface area contributed by atoms with E-state index >= 15 is 0 Å². The first kappa shape index (κ1) is 17.4. The molecule has 0 aromatic carbocycles. The monoisotopic (exact) mass is 343 g/mol. The summed E-state index contributed by atoms with van der Waals surface area (Å²) in [4.78, 5) is 9.31. The number of hydrogen-bond acceptors (Lipinski definition) is 4. The van der Waals surface area contributed by atoms with Crippen LogP contribution < -0.4 is 5.32 Å². The van der Waals surface area contributed by atoms with Gasteiger partial charge in [-0.25, -0.2) is 9.97 Å². The molecule has 0 aliphatic carbocycles. The molecule has 1 N–H and O–H groups in total. The molecule has 0 saturated carbocycles. The summed E-state index contributed by atoms with van der Waals surface area (Å²) in [6, 6.07) is 0. The highest BCUT2D eigenvalue weighted by Crippen LogP contribution is 2.32. The fourth-order valence-corrected chi connectivity index (χ4v) is 2.68. The second-order valence-electron chi connectivity index (χ2n) is 5.77. The van der Waals surface area contributed by atoms with Gasteiger partial charge in [-0.1, -0.05) is 27.7 Å². The minimum absolute atomic E-state index is 0.0230. The van der Waals surface area contributed by atoms with Gasteiger partial charge in [0.2, 0.25) is 0 Å². The third kappa shape index (κ3) is 5.02. The van der Waals surface area contributed by atoms with Gasteiger partial charge < -0.3 is 10.1 Å². The maximum Gasteiger partial charge on any atom is 0.144 e. The topological polar surface area (TPSA) is 47.0 Å². The minimum atomic E-state index is -0.0230. The van der Waals surface area contributed by atoms with Crippen molar-refractivity contribution in [3.8, 4) is 0 Å². The largest absolute Gasteiger partial charge is 0.381 e. The molecule has 4 nitrogen and oxygen atoms in total. The van der Waals surface area contributed by atoms with E-state index in [-0.39, 0.29) is 5.41 Å². The zero-order valence-electron chi connectivity index (χ0n) is 13.2. The molecular weight excluding hydrogens is 318 g/mol. The molecule has 0 atom stereocenters. The average molecular weight is 344 g/mol. The number of anilines is 1. The Bertz CT molecular complexity index is 430. The molecule has 0 saturated heterocycles. The Kier molecular flexibility index (Phi) is 6.89. The second-order valence-corrected chi connectivity index (χ2v) is 6.57. The molecule has 0 unspecified atom stereocenters. The van der Waals surface area contributed by atoms with E-state index in [1.54, 1.807) is 0 Å². The van der Waals surface area contributed by atoms with Crippen molar-refractivity contribution in [3.05, 3.63) is 16.0 Å². The Labute approximate surface area is 130 Å². The van der Waals surface area contributed by atoms with Crippen molar-refractivity contribution in [2.24, 2.45) is 0 Å². The smallest absolute Gasteiger partial charge is 0.144 e. The quantitative estimate of drug-likeness (QED) is 0.761. The van der Waals surface area contributed by atoms with Crippen LogP contribution in [-0.2, 0) is 16.6 Å². The number of ether oxygens (including phenoxy) is 1. The van der Waals surface area contributed by atoms with Crippen molar-refractivity contribution in [1.82, 2.24) is 9.97 Å². The van der Waals surface area contributed by atoms with Gasteiger partial charge in [0, 0.05) is 25.0 Å². The summed E-state index contributed by atoms with van der Waals surface area (Å²) < 4.78 is 6.37. The normalized spacial score (nSPS) is 11.7. The highest BCUT2D eigenvalue weighted by molar-refractivity contribution is 9.10. The van der Waals surface area contributed by atoms with Crippen molar-refractivity contribution in [2.45, 2.75) is 52.9 Å². The van der Waals surface area contributed by atoms with Crippen LogP contribution in [0.3, 0.4) is 0 Å². The van der Waals surface area contributed by atoms with Crippen molar-refractivity contribution in [3.63, 3.8) is 0 Å². The number of hydrogen-bond donors (Lipinski definition) is 1. The van der Waals surface area contributed by atoms with Crippen LogP contribution in [0.1, 0.15) is 52.6 Å². The van der Waals surface area contributed by atoms with Crippen molar-refractivity contribution >= 4 is 21.7 Å². The number of halogens is 1. The van der Waals surface area contributed by atoms with Crippen LogP contribution in [-0.4, -0.2) is 29.7 Å². The van der Waals surface area contributed by atoms with Gasteiger partial charge in [-0.2, -0.15) is 0 Å². The molecule has 0 bridgehead atoms. The summed E-state index contributed by atoms with van der Waals surface area (Å²) in [5.74, 6) is 1.73. The van der Waals surface area contributed by atoms with E-state index in [9.17, 15) is 0 Å². The molecular formula is C15H26BrN3O. The van der Waals surface area contributed by atoms with Crippen molar-refractivity contribution in [1.29, 1.82) is 0 Å². The molecule has 0 radical (unpaired) electrons. The molecule has 0 spiro atoms. The van der Waals surface area contributed by atoms with Gasteiger partial charge >= 0.3 is 0 Å². The van der Waals surface area contributed by atoms with E-state index in [4.69, 9.17) is 9.72 Å². The van der Waals surface area contributed by atoms with Crippen LogP contribution in [0.15, 0.2) is 4.47 Å². The van der Waals surface area contributed by atoms with E-state index in [1.165, 1.54) is 0 Å². The van der Waals surface area contributed by atoms with Gasteiger partial charge in [0.25, 0.3) is 0 Å². The lowest BCUT2D eigenvalue weighted by Crippen LogP contribution is -2.19. The maximum atomic E-state index is 5.40. The van der Waals surface area contributed by atoms with Gasteiger partial charge in [0.05, 0.1) is 16.8 Å². The van der Waals surface area contributed by atoms with E-state index < -0.39 is 0 Å². The maximum absolute atomic E-state index is 5.40. The summed E-state index contributed by atoms with van der Waals surface area (Å²) in [6.45, 7) is 12.9. The highest BCUT2D eigenvalue weighted by Gasteiger charge is 2.23. The summed E-state index contributed by atoms with van der Waals surface area (Å²) >= 11 is 3.64. The molecule has 0 amide bonds. The second kappa shape index (κ2) is 7.93. The molecule has 1 heterocycles. The zero-order chi connectivity index (χ0) is 15.2. The van der Waals surface area contributed by atoms with Gasteiger partial charge in [0.1, 0.15) is 11.6 Å². The number of rotatable bonds is 7. The summed E-state index contributed by atoms with van der Waals surface area (Å²) in [7, 11) is 0. The summed E-state index contributed by atoms with van der Waals surface area (Å²) in [5, 5.41) is 3.37. The molecule has 114 valence electrons. The molecule has 20 heavy (non-hydrogen) atoms. The summed E-state index contributed by atoms with van der Waals surface area (Å²) in [5.41, 5.74) is 1.02. The molecule has 0 aliphatic heterocycles. The van der Waals surface area contributed by atoms with E-state index in [1.807, 2.05) is 6.92 Å². The van der Waals surface area contributed by atoms with Gasteiger partial charge in [-0.15, -0.1) is 0 Å². The molecule has 1 rings (SSSR count). The lowest BCUT2D eigenvalue weighted by atomic mass is 9.92. The Hall–Kier alpha value is -0.680. The van der Waals surface area contributed by atoms with Crippen LogP contribution in [0.2, 0.25) is 0 Å². The Balaban J connectivity index is 3.06. The third-order valence-electron chi connectivity index (χ3n) is 2.82. The molecule has 1 aromatic rings. The van der Waals surface area contributed by atoms with Gasteiger partial charge in [-0.05, 0) is 29.3 Å². The van der Waals surface area contributed by atoms with Gasteiger partial charge in [0.15, 0.2) is 0 Å².